The summed E-state index contributed by atoms with van der Waals surface area (Å²) in [5.74, 6) is 1.47. The third-order valence-electron chi connectivity index (χ3n) is 4.52. The molecule has 0 bridgehead atoms. The lowest BCUT2D eigenvalue weighted by Gasteiger charge is -2.13. The number of rotatable bonds is 4. The molecule has 0 fully saturated rings. The normalized spacial score (nSPS) is 13.2. The van der Waals surface area contributed by atoms with E-state index in [0.29, 0.717) is 12.4 Å². The number of halogens is 1. The molecule has 8 heteroatoms. The van der Waals surface area contributed by atoms with E-state index in [1.54, 1.807) is 12.5 Å². The summed E-state index contributed by atoms with van der Waals surface area (Å²) in [6.45, 7) is 3.27. The van der Waals surface area contributed by atoms with Gasteiger partial charge in [-0.2, -0.15) is 5.10 Å². The number of benzene rings is 1. The van der Waals surface area contributed by atoms with Crippen molar-refractivity contribution >= 4 is 12.4 Å². The summed E-state index contributed by atoms with van der Waals surface area (Å²) in [5, 5.41) is 8.06. The van der Waals surface area contributed by atoms with E-state index in [4.69, 9.17) is 9.52 Å². The maximum Gasteiger partial charge on any atom is 0.226 e. The van der Waals surface area contributed by atoms with E-state index in [2.05, 4.69) is 30.6 Å². The molecule has 0 saturated carbocycles. The fourth-order valence-electron chi connectivity index (χ4n) is 3.24. The van der Waals surface area contributed by atoms with Gasteiger partial charge in [0.2, 0.25) is 5.89 Å². The lowest BCUT2D eigenvalue weighted by molar-refractivity contribution is 0.476. The van der Waals surface area contributed by atoms with Crippen LogP contribution in [-0.4, -0.2) is 30.9 Å². The Balaban J connectivity index is 0.00000180. The molecule has 4 aromatic rings. The second-order valence-corrected chi connectivity index (χ2v) is 6.31. The Bertz CT molecular complexity index is 1010. The summed E-state index contributed by atoms with van der Waals surface area (Å²) >= 11 is 0. The van der Waals surface area contributed by atoms with Crippen LogP contribution in [0.15, 0.2) is 59.5 Å². The molecule has 1 aliphatic rings. The summed E-state index contributed by atoms with van der Waals surface area (Å²) in [5.41, 5.74) is 3.90. The summed E-state index contributed by atoms with van der Waals surface area (Å²) < 4.78 is 9.74. The zero-order chi connectivity index (χ0) is 17.3. The van der Waals surface area contributed by atoms with Crippen molar-refractivity contribution in [3.05, 3.63) is 66.4 Å². The Morgan fingerprint density at radius 1 is 1.19 bits per heavy atom. The molecule has 0 amide bonds. The number of oxazole rings is 1. The molecule has 1 N–H and O–H groups in total. The molecule has 0 atom stereocenters. The quantitative estimate of drug-likeness (QED) is 0.587. The van der Waals surface area contributed by atoms with Crippen molar-refractivity contribution in [1.29, 1.82) is 0 Å². The molecule has 7 nitrogen and oxygen atoms in total. The number of imidazole rings is 1. The van der Waals surface area contributed by atoms with Crippen molar-refractivity contribution in [3.63, 3.8) is 0 Å². The summed E-state index contributed by atoms with van der Waals surface area (Å²) in [6.07, 6.45) is 5.45. The highest BCUT2D eigenvalue weighted by molar-refractivity contribution is 5.85. The Morgan fingerprint density at radius 3 is 2.93 bits per heavy atom. The lowest BCUT2D eigenvalue weighted by atomic mass is 10.2. The minimum atomic E-state index is 0. The molecule has 0 saturated heterocycles. The Hall–Kier alpha value is -2.90. The van der Waals surface area contributed by atoms with E-state index < -0.39 is 0 Å². The second-order valence-electron chi connectivity index (χ2n) is 6.31. The smallest absolute Gasteiger partial charge is 0.226 e. The van der Waals surface area contributed by atoms with Gasteiger partial charge in [-0.1, -0.05) is 18.2 Å². The van der Waals surface area contributed by atoms with Gasteiger partial charge in [0.1, 0.15) is 12.0 Å². The van der Waals surface area contributed by atoms with E-state index in [1.807, 2.05) is 36.5 Å². The third-order valence-corrected chi connectivity index (χ3v) is 4.52. The van der Waals surface area contributed by atoms with E-state index in [9.17, 15) is 0 Å². The van der Waals surface area contributed by atoms with Gasteiger partial charge >= 0.3 is 0 Å². The Labute approximate surface area is 162 Å². The van der Waals surface area contributed by atoms with Crippen LogP contribution < -0.4 is 5.32 Å². The molecular formula is C19H19ClN6O. The number of hydrogen-bond donors (Lipinski definition) is 1. The van der Waals surface area contributed by atoms with Crippen molar-refractivity contribution in [1.82, 2.24) is 29.6 Å². The molecule has 5 rings (SSSR count). The van der Waals surface area contributed by atoms with Gasteiger partial charge in [0.15, 0.2) is 5.82 Å². The first-order chi connectivity index (χ1) is 12.9. The molecule has 27 heavy (non-hydrogen) atoms. The standard InChI is InChI=1S/C19H18N6O.ClH/c1-2-4-14(5-3-1)19-22-15(13-26-19)12-24-8-7-21-18(24)17-10-16-11-20-6-9-25(16)23-17;/h1-5,7-8,10,13,20H,6,9,11-12H2;1H. The van der Waals surface area contributed by atoms with Crippen LogP contribution in [0.25, 0.3) is 23.0 Å². The maximum atomic E-state index is 5.64. The maximum absolute atomic E-state index is 5.64. The molecule has 0 aliphatic carbocycles. The highest BCUT2D eigenvalue weighted by Crippen LogP contribution is 2.22. The van der Waals surface area contributed by atoms with Crippen molar-refractivity contribution in [2.45, 2.75) is 19.6 Å². The van der Waals surface area contributed by atoms with Crippen LogP contribution in [0.5, 0.6) is 0 Å². The van der Waals surface area contributed by atoms with E-state index in [-0.39, 0.29) is 12.4 Å². The minimum Gasteiger partial charge on any atom is -0.444 e. The topological polar surface area (TPSA) is 73.7 Å². The number of aromatic nitrogens is 5. The minimum absolute atomic E-state index is 0. The van der Waals surface area contributed by atoms with E-state index >= 15 is 0 Å². The molecule has 4 heterocycles. The predicted octanol–water partition coefficient (Wildman–Crippen LogP) is 2.97. The highest BCUT2D eigenvalue weighted by atomic mass is 35.5. The molecular weight excluding hydrogens is 364 g/mol. The van der Waals surface area contributed by atoms with Gasteiger partial charge in [-0.25, -0.2) is 9.97 Å². The average Bonchev–Trinajstić information content (AvgIpc) is 3.41. The van der Waals surface area contributed by atoms with Gasteiger partial charge in [-0.15, -0.1) is 12.4 Å². The lowest BCUT2D eigenvalue weighted by Crippen LogP contribution is -2.28. The molecule has 1 aliphatic heterocycles. The van der Waals surface area contributed by atoms with Gasteiger partial charge in [-0.05, 0) is 18.2 Å². The zero-order valence-electron chi connectivity index (χ0n) is 14.6. The van der Waals surface area contributed by atoms with Gasteiger partial charge < -0.3 is 14.3 Å². The van der Waals surface area contributed by atoms with Crippen LogP contribution in [0.3, 0.4) is 0 Å². The number of nitrogens with zero attached hydrogens (tertiary/aromatic N) is 5. The summed E-state index contributed by atoms with van der Waals surface area (Å²) in [6, 6.07) is 12.0. The van der Waals surface area contributed by atoms with Crippen LogP contribution >= 0.6 is 12.4 Å². The zero-order valence-corrected chi connectivity index (χ0v) is 15.4. The Kier molecular flexibility index (Phi) is 4.79. The molecule has 0 radical (unpaired) electrons. The van der Waals surface area contributed by atoms with Gasteiger partial charge in [-0.3, -0.25) is 4.68 Å². The van der Waals surface area contributed by atoms with Gasteiger partial charge in [0.05, 0.1) is 24.5 Å². The van der Waals surface area contributed by atoms with Crippen molar-refractivity contribution < 1.29 is 4.42 Å². The van der Waals surface area contributed by atoms with Gasteiger partial charge in [0, 0.05) is 31.0 Å². The van der Waals surface area contributed by atoms with Crippen LogP contribution in [-0.2, 0) is 19.6 Å². The first-order valence-electron chi connectivity index (χ1n) is 8.65. The van der Waals surface area contributed by atoms with Crippen LogP contribution in [0.4, 0.5) is 0 Å². The first-order valence-corrected chi connectivity index (χ1v) is 8.65. The summed E-state index contributed by atoms with van der Waals surface area (Å²) in [7, 11) is 0. The molecule has 0 spiro atoms. The first kappa shape index (κ1) is 17.5. The molecule has 138 valence electrons. The van der Waals surface area contributed by atoms with Crippen molar-refractivity contribution in [2.24, 2.45) is 0 Å². The largest absolute Gasteiger partial charge is 0.444 e. The SMILES string of the molecule is Cl.c1ccc(-c2nc(Cn3ccnc3-c3cc4n(n3)CCNC4)co2)cc1. The third kappa shape index (κ3) is 3.39. The molecule has 3 aromatic heterocycles. The second kappa shape index (κ2) is 7.38. The summed E-state index contributed by atoms with van der Waals surface area (Å²) in [4.78, 5) is 9.10. The number of fused-ring (bicyclic) bond motifs is 1. The number of nitrogens with one attached hydrogen (secondary N) is 1. The number of hydrogen-bond acceptors (Lipinski definition) is 5. The van der Waals surface area contributed by atoms with Crippen molar-refractivity contribution in [2.75, 3.05) is 6.54 Å². The fourth-order valence-corrected chi connectivity index (χ4v) is 3.24. The molecule has 0 unspecified atom stereocenters. The van der Waals surface area contributed by atoms with Crippen molar-refractivity contribution in [3.8, 4) is 23.0 Å². The van der Waals surface area contributed by atoms with Crippen LogP contribution in [0, 0.1) is 0 Å². The van der Waals surface area contributed by atoms with Crippen LogP contribution in [0.1, 0.15) is 11.4 Å². The predicted molar refractivity (Wildman–Crippen MR) is 103 cm³/mol. The van der Waals surface area contributed by atoms with Crippen LogP contribution in [0.2, 0.25) is 0 Å². The van der Waals surface area contributed by atoms with E-state index in [1.165, 1.54) is 5.69 Å². The van der Waals surface area contributed by atoms with E-state index in [0.717, 1.165) is 42.4 Å². The molecule has 1 aromatic carbocycles. The monoisotopic (exact) mass is 382 g/mol. The average molecular weight is 383 g/mol. The van der Waals surface area contributed by atoms with Gasteiger partial charge in [0.25, 0.3) is 0 Å². The highest BCUT2D eigenvalue weighted by Gasteiger charge is 2.17. The Morgan fingerprint density at radius 2 is 2.07 bits per heavy atom. The fraction of sp³-hybridized carbons (Fsp3) is 0.211.